The van der Waals surface area contributed by atoms with Gasteiger partial charge in [-0.3, -0.25) is 9.78 Å². The third kappa shape index (κ3) is 3.54. The van der Waals surface area contributed by atoms with Gasteiger partial charge in [0.2, 0.25) is 0 Å². The van der Waals surface area contributed by atoms with Crippen LogP contribution in [0.5, 0.6) is 0 Å². The average Bonchev–Trinajstić information content (AvgIpc) is 2.45. The fourth-order valence-electron chi connectivity index (χ4n) is 1.90. The van der Waals surface area contributed by atoms with Gasteiger partial charge < -0.3 is 5.32 Å². The molecular weight excluding hydrogens is 274 g/mol. The Morgan fingerprint density at radius 2 is 2.00 bits per heavy atom. The zero-order valence-electron chi connectivity index (χ0n) is 11.4. The Morgan fingerprint density at radius 1 is 1.30 bits per heavy atom. The molecule has 1 heterocycles. The van der Waals surface area contributed by atoms with Crippen molar-refractivity contribution in [2.24, 2.45) is 0 Å². The number of carbonyl (C=O) groups is 1. The lowest BCUT2D eigenvalue weighted by Gasteiger charge is -2.17. The number of halogens is 1. The van der Waals surface area contributed by atoms with Gasteiger partial charge in [0, 0.05) is 0 Å². The summed E-state index contributed by atoms with van der Waals surface area (Å²) in [5.74, 6) is -0.271. The van der Waals surface area contributed by atoms with E-state index in [0.717, 1.165) is 12.0 Å². The van der Waals surface area contributed by atoms with Gasteiger partial charge in [-0.1, -0.05) is 48.4 Å². The Bertz CT molecular complexity index is 598. The van der Waals surface area contributed by atoms with Gasteiger partial charge in [0.15, 0.2) is 0 Å². The number of hydrogen-bond donors (Lipinski definition) is 1. The summed E-state index contributed by atoms with van der Waals surface area (Å²) in [6.07, 6.45) is 3.60. The first kappa shape index (κ1) is 14.5. The lowest BCUT2D eigenvalue weighted by atomic mass is 10.0. The Labute approximate surface area is 123 Å². The van der Waals surface area contributed by atoms with E-state index in [1.165, 1.54) is 18.0 Å². The third-order valence-corrected chi connectivity index (χ3v) is 3.21. The van der Waals surface area contributed by atoms with Gasteiger partial charge in [-0.25, -0.2) is 4.98 Å². The number of benzene rings is 1. The van der Waals surface area contributed by atoms with E-state index < -0.39 is 0 Å². The van der Waals surface area contributed by atoms with Crippen molar-refractivity contribution in [3.05, 3.63) is 58.6 Å². The minimum Gasteiger partial charge on any atom is -0.344 e. The maximum atomic E-state index is 12.1. The van der Waals surface area contributed by atoms with Crippen LogP contribution >= 0.6 is 11.6 Å². The molecule has 0 fully saturated rings. The van der Waals surface area contributed by atoms with Crippen LogP contribution in [-0.2, 0) is 0 Å². The number of nitrogens with zero attached hydrogens (tertiary/aromatic N) is 2. The van der Waals surface area contributed by atoms with Gasteiger partial charge in [-0.05, 0) is 18.9 Å². The number of amides is 1. The van der Waals surface area contributed by atoms with Crippen LogP contribution in [0, 0.1) is 6.92 Å². The van der Waals surface area contributed by atoms with E-state index in [0.29, 0.717) is 0 Å². The molecule has 0 spiro atoms. The van der Waals surface area contributed by atoms with Crippen LogP contribution in [0.25, 0.3) is 0 Å². The minimum absolute atomic E-state index is 0.0520. The molecule has 0 aliphatic carbocycles. The number of aryl methyl sites for hydroxylation is 1. The second-order valence-corrected chi connectivity index (χ2v) is 4.96. The fraction of sp³-hybridized carbons (Fsp3) is 0.267. The fourth-order valence-corrected chi connectivity index (χ4v) is 2.05. The van der Waals surface area contributed by atoms with Gasteiger partial charge in [-0.2, -0.15) is 0 Å². The highest BCUT2D eigenvalue weighted by atomic mass is 35.5. The largest absolute Gasteiger partial charge is 0.344 e. The lowest BCUT2D eigenvalue weighted by molar-refractivity contribution is 0.0930. The van der Waals surface area contributed by atoms with Crippen LogP contribution in [0.3, 0.4) is 0 Å². The quantitative estimate of drug-likeness (QED) is 0.939. The maximum absolute atomic E-state index is 12.1. The normalized spacial score (nSPS) is 11.9. The lowest BCUT2D eigenvalue weighted by Crippen LogP contribution is -2.29. The Kier molecular flexibility index (Phi) is 4.69. The van der Waals surface area contributed by atoms with Crippen molar-refractivity contribution in [2.75, 3.05) is 0 Å². The van der Waals surface area contributed by atoms with Crippen LogP contribution in [0.1, 0.15) is 41.0 Å². The second-order valence-electron chi connectivity index (χ2n) is 4.57. The van der Waals surface area contributed by atoms with Crippen LogP contribution in [0.2, 0.25) is 5.15 Å². The molecule has 0 saturated heterocycles. The van der Waals surface area contributed by atoms with E-state index in [9.17, 15) is 4.79 Å². The maximum Gasteiger partial charge on any atom is 0.272 e. The first-order valence-corrected chi connectivity index (χ1v) is 6.83. The topological polar surface area (TPSA) is 54.9 Å². The highest BCUT2D eigenvalue weighted by Crippen LogP contribution is 2.17. The smallest absolute Gasteiger partial charge is 0.272 e. The number of rotatable bonds is 4. The van der Waals surface area contributed by atoms with Crippen molar-refractivity contribution in [2.45, 2.75) is 26.3 Å². The van der Waals surface area contributed by atoms with Gasteiger partial charge >= 0.3 is 0 Å². The van der Waals surface area contributed by atoms with Gasteiger partial charge in [-0.15, -0.1) is 0 Å². The molecule has 1 unspecified atom stereocenters. The highest BCUT2D eigenvalue weighted by molar-refractivity contribution is 6.29. The summed E-state index contributed by atoms with van der Waals surface area (Å²) < 4.78 is 0. The summed E-state index contributed by atoms with van der Waals surface area (Å²) in [6.45, 7) is 4.05. The van der Waals surface area contributed by atoms with Crippen LogP contribution in [0.15, 0.2) is 36.7 Å². The average molecular weight is 290 g/mol. The molecule has 20 heavy (non-hydrogen) atoms. The summed E-state index contributed by atoms with van der Waals surface area (Å²) in [5, 5.41) is 3.16. The van der Waals surface area contributed by atoms with Crippen molar-refractivity contribution in [3.63, 3.8) is 0 Å². The van der Waals surface area contributed by atoms with E-state index >= 15 is 0 Å². The van der Waals surface area contributed by atoms with Crippen LogP contribution < -0.4 is 5.32 Å². The Hall–Kier alpha value is -1.94. The molecular formula is C15H16ClN3O. The second kappa shape index (κ2) is 6.48. The minimum atomic E-state index is -0.271. The number of nitrogens with one attached hydrogen (secondary N) is 1. The third-order valence-electron chi connectivity index (χ3n) is 3.03. The molecule has 2 rings (SSSR count). The summed E-state index contributed by atoms with van der Waals surface area (Å²) in [6, 6.07) is 8.05. The van der Waals surface area contributed by atoms with Crippen molar-refractivity contribution in [1.82, 2.24) is 15.3 Å². The predicted molar refractivity (Wildman–Crippen MR) is 78.7 cm³/mol. The molecule has 0 bridgehead atoms. The molecule has 1 atom stereocenters. The molecule has 0 aliphatic heterocycles. The molecule has 1 aromatic carbocycles. The summed E-state index contributed by atoms with van der Waals surface area (Å²) >= 11 is 5.74. The SMILES string of the molecule is CCC(NC(=O)c1cncc(Cl)n1)c1ccc(C)cc1. The molecule has 0 saturated carbocycles. The molecule has 1 amide bonds. The number of hydrogen-bond acceptors (Lipinski definition) is 3. The first-order valence-electron chi connectivity index (χ1n) is 6.45. The van der Waals surface area contributed by atoms with E-state index in [4.69, 9.17) is 11.6 Å². The standard InChI is InChI=1S/C15H16ClN3O/c1-3-12(11-6-4-10(2)5-7-11)19-15(20)13-8-17-9-14(16)18-13/h4-9,12H,3H2,1-2H3,(H,19,20). The number of carbonyl (C=O) groups excluding carboxylic acids is 1. The molecule has 1 N–H and O–H groups in total. The zero-order valence-corrected chi connectivity index (χ0v) is 12.2. The molecule has 4 nitrogen and oxygen atoms in total. The Morgan fingerprint density at radius 3 is 2.60 bits per heavy atom. The van der Waals surface area contributed by atoms with Crippen molar-refractivity contribution in [1.29, 1.82) is 0 Å². The molecule has 0 aliphatic rings. The first-order chi connectivity index (χ1) is 9.60. The van der Waals surface area contributed by atoms with E-state index in [2.05, 4.69) is 15.3 Å². The molecule has 2 aromatic rings. The molecule has 0 radical (unpaired) electrons. The summed E-state index contributed by atoms with van der Waals surface area (Å²) in [5.41, 5.74) is 2.49. The molecule has 1 aromatic heterocycles. The van der Waals surface area contributed by atoms with Crippen molar-refractivity contribution >= 4 is 17.5 Å². The summed E-state index contributed by atoms with van der Waals surface area (Å²) in [4.78, 5) is 20.0. The van der Waals surface area contributed by atoms with Gasteiger partial charge in [0.25, 0.3) is 5.91 Å². The highest BCUT2D eigenvalue weighted by Gasteiger charge is 2.15. The molecule has 104 valence electrons. The van der Waals surface area contributed by atoms with E-state index in [1.807, 2.05) is 38.1 Å². The van der Waals surface area contributed by atoms with Crippen molar-refractivity contribution < 1.29 is 4.79 Å². The summed E-state index contributed by atoms with van der Waals surface area (Å²) in [7, 11) is 0. The van der Waals surface area contributed by atoms with Gasteiger partial charge in [0.05, 0.1) is 18.4 Å². The van der Waals surface area contributed by atoms with Gasteiger partial charge in [0.1, 0.15) is 10.8 Å². The van der Waals surface area contributed by atoms with E-state index in [-0.39, 0.29) is 22.8 Å². The monoisotopic (exact) mass is 289 g/mol. The van der Waals surface area contributed by atoms with Crippen LogP contribution in [0.4, 0.5) is 0 Å². The van der Waals surface area contributed by atoms with Crippen molar-refractivity contribution in [3.8, 4) is 0 Å². The zero-order chi connectivity index (χ0) is 14.5. The predicted octanol–water partition coefficient (Wildman–Crippen LogP) is 3.32. The Balaban J connectivity index is 2.14. The molecule has 5 heteroatoms. The van der Waals surface area contributed by atoms with E-state index in [1.54, 1.807) is 0 Å². The van der Waals surface area contributed by atoms with Crippen LogP contribution in [-0.4, -0.2) is 15.9 Å². The number of aromatic nitrogens is 2.